The van der Waals surface area contributed by atoms with Crippen LogP contribution >= 0.6 is 0 Å². The van der Waals surface area contributed by atoms with E-state index in [1.807, 2.05) is 18.2 Å². The number of halogens is 1. The van der Waals surface area contributed by atoms with Crippen LogP contribution in [0, 0.1) is 12.7 Å². The fourth-order valence-electron chi connectivity index (χ4n) is 2.64. The predicted molar refractivity (Wildman–Crippen MR) is 80.5 cm³/mol. The Morgan fingerprint density at radius 3 is 2.71 bits per heavy atom. The monoisotopic (exact) mass is 284 g/mol. The summed E-state index contributed by atoms with van der Waals surface area (Å²) in [7, 11) is 0. The van der Waals surface area contributed by atoms with E-state index < -0.39 is 5.82 Å². The van der Waals surface area contributed by atoms with Crippen molar-refractivity contribution in [2.24, 2.45) is 0 Å². The fourth-order valence-corrected chi connectivity index (χ4v) is 2.64. The Morgan fingerprint density at radius 1 is 1.19 bits per heavy atom. The minimum absolute atomic E-state index is 0.197. The Labute approximate surface area is 123 Å². The maximum atomic E-state index is 13.8. The molecular formula is C17H17FN2O. The molecule has 1 amide bonds. The average molecular weight is 284 g/mol. The van der Waals surface area contributed by atoms with Gasteiger partial charge in [-0.2, -0.15) is 0 Å². The van der Waals surface area contributed by atoms with E-state index in [1.165, 1.54) is 17.2 Å². The highest BCUT2D eigenvalue weighted by molar-refractivity contribution is 5.96. The van der Waals surface area contributed by atoms with Gasteiger partial charge in [-0.3, -0.25) is 4.79 Å². The summed E-state index contributed by atoms with van der Waals surface area (Å²) in [5.41, 5.74) is 3.37. The number of rotatable bonds is 2. The molecule has 0 radical (unpaired) electrons. The molecule has 1 atom stereocenters. The first-order valence-corrected chi connectivity index (χ1v) is 7.01. The van der Waals surface area contributed by atoms with Gasteiger partial charge in [-0.05, 0) is 36.1 Å². The van der Waals surface area contributed by atoms with Gasteiger partial charge in [0.25, 0.3) is 0 Å². The summed E-state index contributed by atoms with van der Waals surface area (Å²) in [6.45, 7) is 2.44. The van der Waals surface area contributed by atoms with E-state index in [9.17, 15) is 9.18 Å². The van der Waals surface area contributed by atoms with Gasteiger partial charge < -0.3 is 10.6 Å². The molecule has 0 unspecified atom stereocenters. The minimum Gasteiger partial charge on any atom is -0.322 e. The summed E-state index contributed by atoms with van der Waals surface area (Å²) in [4.78, 5) is 12.3. The largest absolute Gasteiger partial charge is 0.322 e. The van der Waals surface area contributed by atoms with E-state index in [1.54, 1.807) is 19.1 Å². The third kappa shape index (κ3) is 2.81. The molecule has 21 heavy (non-hydrogen) atoms. The van der Waals surface area contributed by atoms with E-state index in [4.69, 9.17) is 0 Å². The van der Waals surface area contributed by atoms with E-state index in [0.29, 0.717) is 13.0 Å². The summed E-state index contributed by atoms with van der Waals surface area (Å²) in [5, 5.41) is 5.90. The molecule has 1 heterocycles. The molecule has 2 aromatic rings. The fraction of sp³-hybridized carbons (Fsp3) is 0.235. The van der Waals surface area contributed by atoms with E-state index in [2.05, 4.69) is 16.7 Å². The second-order valence-electron chi connectivity index (χ2n) is 5.33. The van der Waals surface area contributed by atoms with Gasteiger partial charge in [0.1, 0.15) is 5.82 Å². The molecular weight excluding hydrogens is 267 g/mol. The number of nitrogens with one attached hydrogen (secondary N) is 2. The molecule has 3 rings (SSSR count). The van der Waals surface area contributed by atoms with Gasteiger partial charge in [0, 0.05) is 6.54 Å². The summed E-state index contributed by atoms with van der Waals surface area (Å²) < 4.78 is 13.8. The van der Waals surface area contributed by atoms with E-state index >= 15 is 0 Å². The van der Waals surface area contributed by atoms with Crippen molar-refractivity contribution in [1.82, 2.24) is 5.32 Å². The minimum atomic E-state index is -0.403. The van der Waals surface area contributed by atoms with Gasteiger partial charge in [0.2, 0.25) is 5.91 Å². The number of carbonyl (C=O) groups excluding carboxylic acids is 1. The van der Waals surface area contributed by atoms with Gasteiger partial charge in [0.05, 0.1) is 11.7 Å². The zero-order valence-corrected chi connectivity index (χ0v) is 11.8. The van der Waals surface area contributed by atoms with Crippen molar-refractivity contribution in [3.8, 4) is 0 Å². The van der Waals surface area contributed by atoms with Crippen molar-refractivity contribution >= 4 is 11.6 Å². The molecule has 2 aromatic carbocycles. The Kier molecular flexibility index (Phi) is 3.71. The number of benzene rings is 2. The number of amides is 1. The van der Waals surface area contributed by atoms with Crippen LogP contribution in [0.3, 0.4) is 0 Å². The normalized spacial score (nSPS) is 17.1. The van der Waals surface area contributed by atoms with Crippen LogP contribution in [-0.4, -0.2) is 11.9 Å². The summed E-state index contributed by atoms with van der Waals surface area (Å²) in [6.07, 6.45) is 0.621. The Morgan fingerprint density at radius 2 is 1.95 bits per heavy atom. The maximum Gasteiger partial charge on any atom is 0.241 e. The molecule has 0 bridgehead atoms. The molecule has 0 saturated carbocycles. The zero-order chi connectivity index (χ0) is 14.8. The van der Waals surface area contributed by atoms with Crippen molar-refractivity contribution in [3.05, 3.63) is 65.0 Å². The number of anilines is 1. The molecule has 0 spiro atoms. The second-order valence-corrected chi connectivity index (χ2v) is 5.33. The lowest BCUT2D eigenvalue weighted by molar-refractivity contribution is -0.118. The molecule has 0 aromatic heterocycles. The van der Waals surface area contributed by atoms with Crippen LogP contribution in [-0.2, 0) is 17.8 Å². The third-order valence-corrected chi connectivity index (χ3v) is 3.87. The number of fused-ring (bicyclic) bond motifs is 1. The quantitative estimate of drug-likeness (QED) is 0.890. The van der Waals surface area contributed by atoms with Crippen LogP contribution in [0.1, 0.15) is 16.7 Å². The maximum absolute atomic E-state index is 13.8. The SMILES string of the molecule is Cc1cccc(F)c1NC(=O)[C@H]1Cc2ccccc2CN1. The first-order valence-electron chi connectivity index (χ1n) is 7.01. The van der Waals surface area contributed by atoms with Gasteiger partial charge in [-0.25, -0.2) is 4.39 Å². The van der Waals surface area contributed by atoms with Crippen LogP contribution < -0.4 is 10.6 Å². The van der Waals surface area contributed by atoms with Gasteiger partial charge >= 0.3 is 0 Å². The second kappa shape index (κ2) is 5.66. The molecule has 108 valence electrons. The van der Waals surface area contributed by atoms with Crippen molar-refractivity contribution in [2.75, 3.05) is 5.32 Å². The van der Waals surface area contributed by atoms with Crippen molar-refractivity contribution in [3.63, 3.8) is 0 Å². The summed E-state index contributed by atoms with van der Waals surface area (Å²) >= 11 is 0. The topological polar surface area (TPSA) is 41.1 Å². The van der Waals surface area contributed by atoms with Crippen molar-refractivity contribution in [2.45, 2.75) is 25.9 Å². The number of para-hydroxylation sites is 1. The highest BCUT2D eigenvalue weighted by atomic mass is 19.1. The molecule has 0 aliphatic carbocycles. The van der Waals surface area contributed by atoms with Crippen LogP contribution in [0.15, 0.2) is 42.5 Å². The molecule has 0 saturated heterocycles. The molecule has 1 aliphatic heterocycles. The highest BCUT2D eigenvalue weighted by Crippen LogP contribution is 2.21. The van der Waals surface area contributed by atoms with Gasteiger partial charge in [0.15, 0.2) is 0 Å². The van der Waals surface area contributed by atoms with Gasteiger partial charge in [-0.15, -0.1) is 0 Å². The van der Waals surface area contributed by atoms with E-state index in [-0.39, 0.29) is 17.6 Å². The molecule has 2 N–H and O–H groups in total. The Balaban J connectivity index is 1.76. The molecule has 3 nitrogen and oxygen atoms in total. The zero-order valence-electron chi connectivity index (χ0n) is 11.8. The highest BCUT2D eigenvalue weighted by Gasteiger charge is 2.24. The van der Waals surface area contributed by atoms with E-state index in [0.717, 1.165) is 5.56 Å². The molecule has 1 aliphatic rings. The lowest BCUT2D eigenvalue weighted by Crippen LogP contribution is -2.44. The third-order valence-electron chi connectivity index (χ3n) is 3.87. The lowest BCUT2D eigenvalue weighted by Gasteiger charge is -2.25. The first kappa shape index (κ1) is 13.8. The number of hydrogen-bond donors (Lipinski definition) is 2. The standard InChI is InChI=1S/C17H17FN2O/c1-11-5-4-8-14(18)16(11)20-17(21)15-9-12-6-2-3-7-13(12)10-19-15/h2-8,15,19H,9-10H2,1H3,(H,20,21)/t15-/m1/s1. The van der Waals surface area contributed by atoms with Crippen molar-refractivity contribution < 1.29 is 9.18 Å². The summed E-state index contributed by atoms with van der Waals surface area (Å²) in [5.74, 6) is -0.600. The van der Waals surface area contributed by atoms with Gasteiger partial charge in [-0.1, -0.05) is 36.4 Å². The first-order chi connectivity index (χ1) is 10.1. The number of aryl methyl sites for hydroxylation is 1. The number of carbonyl (C=O) groups is 1. The van der Waals surface area contributed by atoms with Crippen molar-refractivity contribution in [1.29, 1.82) is 0 Å². The molecule has 4 heteroatoms. The summed E-state index contributed by atoms with van der Waals surface area (Å²) in [6, 6.07) is 12.5. The van der Waals surface area contributed by atoms with Crippen LogP contribution in [0.5, 0.6) is 0 Å². The number of hydrogen-bond acceptors (Lipinski definition) is 2. The Bertz CT molecular complexity index is 664. The predicted octanol–water partition coefficient (Wildman–Crippen LogP) is 2.79. The lowest BCUT2D eigenvalue weighted by atomic mass is 9.95. The van der Waals surface area contributed by atoms with Crippen LogP contribution in [0.25, 0.3) is 0 Å². The average Bonchev–Trinajstić information content (AvgIpc) is 2.50. The van der Waals surface area contributed by atoms with Crippen LogP contribution in [0.4, 0.5) is 10.1 Å². The Hall–Kier alpha value is -2.20. The molecule has 0 fully saturated rings. The smallest absolute Gasteiger partial charge is 0.241 e. The van der Waals surface area contributed by atoms with Crippen LogP contribution in [0.2, 0.25) is 0 Å².